The maximum absolute atomic E-state index is 10.4. The first-order chi connectivity index (χ1) is 6.29. The van der Waals surface area contributed by atoms with Crippen LogP contribution in [0.3, 0.4) is 0 Å². The summed E-state index contributed by atoms with van der Waals surface area (Å²) >= 11 is 0. The van der Waals surface area contributed by atoms with E-state index in [1.165, 1.54) is 6.07 Å². The van der Waals surface area contributed by atoms with E-state index in [9.17, 15) is 4.79 Å². The molecule has 2 rings (SSSR count). The third-order valence-electron chi connectivity index (χ3n) is 1.89. The molecule has 0 amide bonds. The van der Waals surface area contributed by atoms with Crippen LogP contribution in [0, 0.1) is 0 Å². The van der Waals surface area contributed by atoms with Gasteiger partial charge in [-0.3, -0.25) is 0 Å². The van der Waals surface area contributed by atoms with Crippen LogP contribution in [0.1, 0.15) is 0 Å². The summed E-state index contributed by atoms with van der Waals surface area (Å²) in [5, 5.41) is 12.1. The predicted octanol–water partition coefficient (Wildman–Crippen LogP) is 0.764. The zero-order chi connectivity index (χ0) is 9.26. The van der Waals surface area contributed by atoms with Crippen molar-refractivity contribution in [3.63, 3.8) is 0 Å². The molecule has 2 N–H and O–H groups in total. The lowest BCUT2D eigenvalue weighted by Crippen LogP contribution is -2.32. The molecule has 0 spiro atoms. The first-order valence-electron chi connectivity index (χ1n) is 3.97. The molecule has 4 heteroatoms. The Kier molecular flexibility index (Phi) is 1.81. The number of fused-ring (bicyclic) bond motifs is 1. The topological polar surface area (TPSA) is 58.6 Å². The van der Waals surface area contributed by atoms with Gasteiger partial charge < -0.3 is 20.0 Å². The summed E-state index contributed by atoms with van der Waals surface area (Å²) in [5.41, 5.74) is 0.737. The molecule has 0 fully saturated rings. The van der Waals surface area contributed by atoms with Gasteiger partial charge >= 0.3 is 0 Å². The molecule has 1 aromatic rings. The Balaban J connectivity index is 2.31. The van der Waals surface area contributed by atoms with Crippen molar-refractivity contribution in [1.29, 1.82) is 0 Å². The molecule has 0 saturated carbocycles. The van der Waals surface area contributed by atoms with Gasteiger partial charge in [0, 0.05) is 6.07 Å². The Morgan fingerprint density at radius 3 is 3.23 bits per heavy atom. The highest BCUT2D eigenvalue weighted by Gasteiger charge is 2.17. The smallest absolute Gasteiger partial charge is 0.146 e. The minimum absolute atomic E-state index is 0.158. The lowest BCUT2D eigenvalue weighted by Gasteiger charge is -2.23. The molecule has 0 aromatic heterocycles. The van der Waals surface area contributed by atoms with E-state index in [1.54, 1.807) is 12.1 Å². The minimum atomic E-state index is -0.294. The summed E-state index contributed by atoms with van der Waals surface area (Å²) in [4.78, 5) is 10.4. The van der Waals surface area contributed by atoms with Crippen LogP contribution >= 0.6 is 0 Å². The molecule has 0 radical (unpaired) electrons. The minimum Gasteiger partial charge on any atom is -0.508 e. The monoisotopic (exact) mass is 179 g/mol. The van der Waals surface area contributed by atoms with Gasteiger partial charge in [-0.1, -0.05) is 0 Å². The van der Waals surface area contributed by atoms with Crippen molar-refractivity contribution < 1.29 is 14.6 Å². The molecule has 1 aliphatic rings. The average Bonchev–Trinajstić information content (AvgIpc) is 2.17. The van der Waals surface area contributed by atoms with E-state index < -0.39 is 0 Å². The number of carbonyl (C=O) groups is 1. The van der Waals surface area contributed by atoms with E-state index in [2.05, 4.69) is 5.32 Å². The molecule has 13 heavy (non-hydrogen) atoms. The highest BCUT2D eigenvalue weighted by Crippen LogP contribution is 2.31. The van der Waals surface area contributed by atoms with E-state index >= 15 is 0 Å². The summed E-state index contributed by atoms with van der Waals surface area (Å²) in [5.74, 6) is 0.739. The molecule has 0 aliphatic carbocycles. The largest absolute Gasteiger partial charge is 0.508 e. The predicted molar refractivity (Wildman–Crippen MR) is 47.1 cm³/mol. The maximum atomic E-state index is 10.4. The van der Waals surface area contributed by atoms with Crippen molar-refractivity contribution in [1.82, 2.24) is 0 Å². The highest BCUT2D eigenvalue weighted by molar-refractivity contribution is 5.70. The van der Waals surface area contributed by atoms with Crippen LogP contribution in [-0.4, -0.2) is 24.0 Å². The molecule has 0 bridgehead atoms. The molecule has 1 heterocycles. The quantitative estimate of drug-likeness (QED) is 0.493. The van der Waals surface area contributed by atoms with Crippen molar-refractivity contribution in [2.75, 3.05) is 11.9 Å². The lowest BCUT2D eigenvalue weighted by molar-refractivity contribution is -0.109. The van der Waals surface area contributed by atoms with Gasteiger partial charge in [-0.25, -0.2) is 0 Å². The fourth-order valence-electron chi connectivity index (χ4n) is 1.24. The summed E-state index contributed by atoms with van der Waals surface area (Å²) in [6, 6.07) is 4.45. The molecule has 4 nitrogen and oxygen atoms in total. The van der Waals surface area contributed by atoms with E-state index in [-0.39, 0.29) is 11.8 Å². The Morgan fingerprint density at radius 1 is 1.62 bits per heavy atom. The van der Waals surface area contributed by atoms with E-state index in [0.717, 1.165) is 12.0 Å². The summed E-state index contributed by atoms with van der Waals surface area (Å²) in [6.45, 7) is 0.306. The molecule has 1 atom stereocenters. The second-order valence-electron chi connectivity index (χ2n) is 2.88. The number of phenolic OH excluding ortho intramolecular Hbond substituents is 1. The number of hydrogen-bond acceptors (Lipinski definition) is 4. The molecule has 1 aromatic carbocycles. The SMILES string of the molecule is O=CC1COc2cc(O)ccc2N1. The van der Waals surface area contributed by atoms with Gasteiger partial charge in [0.25, 0.3) is 0 Å². The molecule has 68 valence electrons. The Morgan fingerprint density at radius 2 is 2.46 bits per heavy atom. The zero-order valence-electron chi connectivity index (χ0n) is 6.86. The first-order valence-corrected chi connectivity index (χ1v) is 3.97. The third-order valence-corrected chi connectivity index (χ3v) is 1.89. The second-order valence-corrected chi connectivity index (χ2v) is 2.88. The van der Waals surface area contributed by atoms with E-state index in [0.29, 0.717) is 12.4 Å². The van der Waals surface area contributed by atoms with Crippen molar-refractivity contribution in [3.05, 3.63) is 18.2 Å². The van der Waals surface area contributed by atoms with E-state index in [4.69, 9.17) is 9.84 Å². The van der Waals surface area contributed by atoms with Crippen LogP contribution in [0.25, 0.3) is 0 Å². The Bertz CT molecular complexity index is 338. The van der Waals surface area contributed by atoms with E-state index in [1.807, 2.05) is 0 Å². The van der Waals surface area contributed by atoms with Crippen molar-refractivity contribution in [2.45, 2.75) is 6.04 Å². The molecule has 1 aliphatic heterocycles. The van der Waals surface area contributed by atoms with Gasteiger partial charge in [0.2, 0.25) is 0 Å². The first kappa shape index (κ1) is 7.91. The van der Waals surface area contributed by atoms with Gasteiger partial charge in [-0.2, -0.15) is 0 Å². The Labute approximate surface area is 75.1 Å². The molecule has 0 saturated heterocycles. The van der Waals surface area contributed by atoms with Crippen LogP contribution in [0.4, 0.5) is 5.69 Å². The van der Waals surface area contributed by atoms with Crippen molar-refractivity contribution >= 4 is 12.0 Å². The van der Waals surface area contributed by atoms with Gasteiger partial charge in [0.1, 0.15) is 30.4 Å². The lowest BCUT2D eigenvalue weighted by atomic mass is 10.2. The number of anilines is 1. The van der Waals surface area contributed by atoms with Crippen LogP contribution < -0.4 is 10.1 Å². The number of rotatable bonds is 1. The standard InChI is InChI=1S/C9H9NO3/c11-4-6-5-13-9-3-7(12)1-2-8(9)10-6/h1-4,6,10,12H,5H2. The van der Waals surface area contributed by atoms with Crippen molar-refractivity contribution in [2.24, 2.45) is 0 Å². The summed E-state index contributed by atoms with van der Waals surface area (Å²) < 4.78 is 5.25. The van der Waals surface area contributed by atoms with Crippen LogP contribution in [0.5, 0.6) is 11.5 Å². The van der Waals surface area contributed by atoms with Crippen LogP contribution in [-0.2, 0) is 4.79 Å². The summed E-state index contributed by atoms with van der Waals surface area (Å²) in [7, 11) is 0. The number of carbonyl (C=O) groups excluding carboxylic acids is 1. The van der Waals surface area contributed by atoms with Gasteiger partial charge in [0.05, 0.1) is 5.69 Å². The normalized spacial score (nSPS) is 19.5. The maximum Gasteiger partial charge on any atom is 0.146 e. The molecular weight excluding hydrogens is 170 g/mol. The number of nitrogens with one attached hydrogen (secondary N) is 1. The average molecular weight is 179 g/mol. The van der Waals surface area contributed by atoms with Gasteiger partial charge in [-0.05, 0) is 12.1 Å². The number of benzene rings is 1. The van der Waals surface area contributed by atoms with Gasteiger partial charge in [-0.15, -0.1) is 0 Å². The van der Waals surface area contributed by atoms with Gasteiger partial charge in [0.15, 0.2) is 0 Å². The summed E-state index contributed by atoms with van der Waals surface area (Å²) in [6.07, 6.45) is 0.801. The zero-order valence-corrected chi connectivity index (χ0v) is 6.86. The third kappa shape index (κ3) is 1.42. The van der Waals surface area contributed by atoms with Crippen molar-refractivity contribution in [3.8, 4) is 11.5 Å². The molecule has 1 unspecified atom stereocenters. The number of hydrogen-bond donors (Lipinski definition) is 2. The Hall–Kier alpha value is -1.71. The van der Waals surface area contributed by atoms with Crippen LogP contribution in [0.2, 0.25) is 0 Å². The highest BCUT2D eigenvalue weighted by atomic mass is 16.5. The second kappa shape index (κ2) is 2.97. The number of phenols is 1. The van der Waals surface area contributed by atoms with Crippen LogP contribution in [0.15, 0.2) is 18.2 Å². The molecular formula is C9H9NO3. The fraction of sp³-hybridized carbons (Fsp3) is 0.222. The fourth-order valence-corrected chi connectivity index (χ4v) is 1.24. The number of aldehydes is 1. The number of aromatic hydroxyl groups is 1. The number of ether oxygens (including phenoxy) is 1.